The maximum atomic E-state index is 12.2. The van der Waals surface area contributed by atoms with Crippen LogP contribution in [0.4, 0.5) is 0 Å². The number of carboxylic acid groups (broad SMARTS) is 1. The number of fused-ring (bicyclic) bond motifs is 1. The number of carboxylic acids is 1. The molecule has 2 N–H and O–H groups in total. The summed E-state index contributed by atoms with van der Waals surface area (Å²) in [6.07, 6.45) is 2.20. The van der Waals surface area contributed by atoms with Crippen molar-refractivity contribution in [2.45, 2.75) is 18.3 Å². The summed E-state index contributed by atoms with van der Waals surface area (Å²) >= 11 is 0. The zero-order valence-corrected chi connectivity index (χ0v) is 13.7. The van der Waals surface area contributed by atoms with Crippen LogP contribution in [-0.2, 0) is 16.6 Å². The number of benzene rings is 2. The molecule has 0 saturated heterocycles. The molecular weight excluding hydrogens is 334 g/mol. The van der Waals surface area contributed by atoms with Crippen LogP contribution < -0.4 is 11.2 Å². The first-order valence-corrected chi connectivity index (χ1v) is 8.14. The lowest BCUT2D eigenvalue weighted by molar-refractivity contribution is -0.142. The summed E-state index contributed by atoms with van der Waals surface area (Å²) in [5.41, 5.74) is 0.619. The first-order chi connectivity index (χ1) is 12.5. The van der Waals surface area contributed by atoms with Gasteiger partial charge in [-0.1, -0.05) is 36.4 Å². The quantitative estimate of drug-likeness (QED) is 0.740. The van der Waals surface area contributed by atoms with E-state index in [-0.39, 0.29) is 0 Å². The minimum atomic E-state index is -1.10. The highest BCUT2D eigenvalue weighted by molar-refractivity contribution is 5.87. The second-order valence-electron chi connectivity index (χ2n) is 6.27. The van der Waals surface area contributed by atoms with Crippen LogP contribution in [-0.4, -0.2) is 25.8 Å². The average Bonchev–Trinajstić information content (AvgIpc) is 3.03. The Morgan fingerprint density at radius 3 is 2.54 bits per heavy atom. The number of aromatic nitrogens is 3. The first kappa shape index (κ1) is 16.0. The highest BCUT2D eigenvalue weighted by Crippen LogP contribution is 2.44. The Kier molecular flexibility index (Phi) is 3.57. The lowest BCUT2D eigenvalue weighted by Gasteiger charge is -2.26. The van der Waals surface area contributed by atoms with Crippen molar-refractivity contribution in [3.05, 3.63) is 92.3 Å². The number of carbonyl (C=O) groups is 1. The third-order valence-corrected chi connectivity index (χ3v) is 4.93. The van der Waals surface area contributed by atoms with E-state index < -0.39 is 22.6 Å². The highest BCUT2D eigenvalue weighted by Gasteiger charge is 2.46. The molecule has 1 aliphatic rings. The summed E-state index contributed by atoms with van der Waals surface area (Å²) < 4.78 is 1.06. The van der Waals surface area contributed by atoms with Crippen molar-refractivity contribution in [1.29, 1.82) is 0 Å². The van der Waals surface area contributed by atoms with Gasteiger partial charge >= 0.3 is 11.7 Å². The fraction of sp³-hybridized carbons (Fsp3) is 0.158. The summed E-state index contributed by atoms with van der Waals surface area (Å²) in [5, 5.41) is 13.8. The molecule has 0 bridgehead atoms. The van der Waals surface area contributed by atoms with Crippen molar-refractivity contribution in [1.82, 2.24) is 14.8 Å². The molecule has 26 heavy (non-hydrogen) atoms. The van der Waals surface area contributed by atoms with Crippen LogP contribution in [0, 0.1) is 0 Å². The number of nitrogens with zero attached hydrogens (tertiary/aromatic N) is 2. The van der Waals surface area contributed by atoms with Gasteiger partial charge in [0.05, 0.1) is 5.69 Å². The molecular formula is C19H15N3O4. The summed E-state index contributed by atoms with van der Waals surface area (Å²) in [5.74, 6) is -0.894. The zero-order valence-electron chi connectivity index (χ0n) is 13.7. The smallest absolute Gasteiger partial charge is 0.349 e. The molecule has 130 valence electrons. The normalized spacial score (nSPS) is 18.5. The Morgan fingerprint density at radius 2 is 1.85 bits per heavy atom. The molecule has 0 fully saturated rings. The van der Waals surface area contributed by atoms with Gasteiger partial charge in [0.2, 0.25) is 0 Å². The number of H-pyrrole nitrogens is 1. The topological polar surface area (TPSA) is 105 Å². The summed E-state index contributed by atoms with van der Waals surface area (Å²) in [6, 6.07) is 14.2. The lowest BCUT2D eigenvalue weighted by Crippen LogP contribution is -2.35. The molecule has 0 radical (unpaired) electrons. The molecule has 1 aromatic heterocycles. The molecule has 0 amide bonds. The van der Waals surface area contributed by atoms with Gasteiger partial charge in [0, 0.05) is 0 Å². The van der Waals surface area contributed by atoms with Crippen LogP contribution in [0.5, 0.6) is 0 Å². The number of rotatable bonds is 3. The monoisotopic (exact) mass is 349 g/mol. The number of hydrogen-bond donors (Lipinski definition) is 2. The van der Waals surface area contributed by atoms with Gasteiger partial charge < -0.3 is 5.11 Å². The number of aromatic amines is 1. The van der Waals surface area contributed by atoms with Crippen molar-refractivity contribution >= 4 is 5.97 Å². The fourth-order valence-corrected chi connectivity index (χ4v) is 3.68. The highest BCUT2D eigenvalue weighted by atomic mass is 16.4. The van der Waals surface area contributed by atoms with Gasteiger partial charge in [-0.3, -0.25) is 14.6 Å². The Balaban J connectivity index is 1.82. The van der Waals surface area contributed by atoms with Gasteiger partial charge in [-0.05, 0) is 41.7 Å². The Bertz CT molecular complexity index is 1110. The van der Waals surface area contributed by atoms with Gasteiger partial charge in [0.15, 0.2) is 0 Å². The molecule has 2 aromatic carbocycles. The Labute approximate surface area is 147 Å². The standard InChI is InChI=1S/C19H15N3O4/c23-16-11-20-22(18(26)21-16)14-7-5-13(6-8-14)19(17(24)25)10-9-12-3-1-2-4-15(12)19/h1-8,11H,9-10H2,(H,24,25)(H,21,23,26). The van der Waals surface area contributed by atoms with Gasteiger partial charge in [-0.2, -0.15) is 9.78 Å². The van der Waals surface area contributed by atoms with Crippen LogP contribution in [0.3, 0.4) is 0 Å². The van der Waals surface area contributed by atoms with Gasteiger partial charge in [-0.25, -0.2) is 4.79 Å². The number of nitrogens with one attached hydrogen (secondary N) is 1. The predicted molar refractivity (Wildman–Crippen MR) is 93.6 cm³/mol. The largest absolute Gasteiger partial charge is 0.480 e. The molecule has 1 aliphatic carbocycles. The molecule has 4 rings (SSSR count). The van der Waals surface area contributed by atoms with E-state index in [2.05, 4.69) is 10.1 Å². The lowest BCUT2D eigenvalue weighted by atomic mass is 9.75. The third kappa shape index (κ3) is 2.28. The SMILES string of the molecule is O=C(O)C1(c2ccc(-n3ncc(=O)[nH]c3=O)cc2)CCc2ccccc21. The zero-order chi connectivity index (χ0) is 18.3. The molecule has 1 heterocycles. The van der Waals surface area contributed by atoms with Crippen molar-refractivity contribution in [3.8, 4) is 5.69 Å². The molecule has 3 aromatic rings. The van der Waals surface area contributed by atoms with E-state index >= 15 is 0 Å². The van der Waals surface area contributed by atoms with Gasteiger partial charge in [0.25, 0.3) is 5.56 Å². The van der Waals surface area contributed by atoms with E-state index in [0.717, 1.165) is 22.0 Å². The van der Waals surface area contributed by atoms with Crippen molar-refractivity contribution in [2.24, 2.45) is 0 Å². The van der Waals surface area contributed by atoms with E-state index in [1.165, 1.54) is 0 Å². The van der Waals surface area contributed by atoms with Gasteiger partial charge in [0.1, 0.15) is 11.6 Å². The third-order valence-electron chi connectivity index (χ3n) is 4.93. The molecule has 0 saturated carbocycles. The van der Waals surface area contributed by atoms with E-state index in [1.807, 2.05) is 24.3 Å². The minimum Gasteiger partial charge on any atom is -0.480 e. The van der Waals surface area contributed by atoms with Gasteiger partial charge in [-0.15, -0.1) is 0 Å². The van der Waals surface area contributed by atoms with Crippen LogP contribution >= 0.6 is 0 Å². The number of hydrogen-bond acceptors (Lipinski definition) is 4. The maximum Gasteiger partial charge on any atom is 0.349 e. The fourth-order valence-electron chi connectivity index (χ4n) is 3.68. The molecule has 0 spiro atoms. The van der Waals surface area contributed by atoms with Crippen LogP contribution in [0.2, 0.25) is 0 Å². The van der Waals surface area contributed by atoms with E-state index in [4.69, 9.17) is 0 Å². The number of aliphatic carboxylic acids is 1. The van der Waals surface area contributed by atoms with Crippen molar-refractivity contribution in [2.75, 3.05) is 0 Å². The summed E-state index contributed by atoms with van der Waals surface area (Å²) in [6.45, 7) is 0. The molecule has 1 unspecified atom stereocenters. The summed E-state index contributed by atoms with van der Waals surface area (Å²) in [7, 11) is 0. The van der Waals surface area contributed by atoms with E-state index in [0.29, 0.717) is 24.1 Å². The second-order valence-corrected chi connectivity index (χ2v) is 6.27. The minimum absolute atomic E-state index is 0.446. The molecule has 7 nitrogen and oxygen atoms in total. The molecule has 0 aliphatic heterocycles. The molecule has 1 atom stereocenters. The summed E-state index contributed by atoms with van der Waals surface area (Å²) in [4.78, 5) is 37.4. The maximum absolute atomic E-state index is 12.2. The number of aryl methyl sites for hydroxylation is 1. The van der Waals surface area contributed by atoms with Crippen molar-refractivity contribution < 1.29 is 9.90 Å². The molecule has 7 heteroatoms. The van der Waals surface area contributed by atoms with Crippen molar-refractivity contribution in [3.63, 3.8) is 0 Å². The van der Waals surface area contributed by atoms with Crippen LogP contribution in [0.25, 0.3) is 5.69 Å². The Hall–Kier alpha value is -3.48. The van der Waals surface area contributed by atoms with E-state index in [9.17, 15) is 19.5 Å². The Morgan fingerprint density at radius 1 is 1.12 bits per heavy atom. The second kappa shape index (κ2) is 5.80. The first-order valence-electron chi connectivity index (χ1n) is 8.14. The average molecular weight is 349 g/mol. The van der Waals surface area contributed by atoms with E-state index in [1.54, 1.807) is 24.3 Å². The van der Waals surface area contributed by atoms with Crippen LogP contribution in [0.15, 0.2) is 64.3 Å². The van der Waals surface area contributed by atoms with Crippen LogP contribution in [0.1, 0.15) is 23.1 Å². The predicted octanol–water partition coefficient (Wildman–Crippen LogP) is 1.24.